The molecule has 2 N–H and O–H groups in total. The molecule has 0 aromatic carbocycles. The highest BCUT2D eigenvalue weighted by Gasteiger charge is 2.22. The van der Waals surface area contributed by atoms with Crippen LogP contribution < -0.4 is 10.6 Å². The first-order valence-corrected chi connectivity index (χ1v) is 6.46. The lowest BCUT2D eigenvalue weighted by Crippen LogP contribution is -2.27. The molecule has 0 aliphatic carbocycles. The van der Waals surface area contributed by atoms with Gasteiger partial charge in [-0.1, -0.05) is 12.8 Å². The average molecular weight is 237 g/mol. The first kappa shape index (κ1) is 12.2. The fraction of sp³-hybridized carbons (Fsp3) is 0.833. The summed E-state index contributed by atoms with van der Waals surface area (Å²) in [4.78, 5) is 6.65. The Labute approximate surface area is 103 Å². The van der Waals surface area contributed by atoms with Gasteiger partial charge in [-0.2, -0.15) is 4.98 Å². The van der Waals surface area contributed by atoms with Crippen LogP contribution in [0.5, 0.6) is 0 Å². The summed E-state index contributed by atoms with van der Waals surface area (Å²) in [6.07, 6.45) is 5.08. The Morgan fingerprint density at radius 1 is 1.06 bits per heavy atom. The lowest BCUT2D eigenvalue weighted by atomic mass is 10.1. The molecule has 2 heterocycles. The second-order valence-corrected chi connectivity index (χ2v) is 5.75. The minimum atomic E-state index is -0.110. The van der Waals surface area contributed by atoms with Gasteiger partial charge >= 0.3 is 0 Å². The first-order chi connectivity index (χ1) is 7.98. The van der Waals surface area contributed by atoms with Crippen LogP contribution in [-0.2, 0) is 5.54 Å². The van der Waals surface area contributed by atoms with Crippen LogP contribution in [0.25, 0.3) is 0 Å². The summed E-state index contributed by atoms with van der Waals surface area (Å²) in [6.45, 7) is 8.36. The topological polar surface area (TPSA) is 60.0 Å². The number of nitrogens with zero attached hydrogens (tertiary/aromatic N) is 4. The van der Waals surface area contributed by atoms with Crippen LogP contribution in [0.3, 0.4) is 0 Å². The van der Waals surface area contributed by atoms with Crippen LogP contribution in [-0.4, -0.2) is 27.9 Å². The summed E-state index contributed by atoms with van der Waals surface area (Å²) in [7, 11) is 0. The fourth-order valence-corrected chi connectivity index (χ4v) is 2.21. The quantitative estimate of drug-likeness (QED) is 0.811. The third-order valence-corrected chi connectivity index (χ3v) is 3.15. The van der Waals surface area contributed by atoms with E-state index in [1.807, 2.05) is 4.68 Å². The molecule has 0 radical (unpaired) electrons. The van der Waals surface area contributed by atoms with Crippen molar-refractivity contribution in [3.8, 4) is 0 Å². The molecule has 0 spiro atoms. The maximum atomic E-state index is 5.94. The Bertz CT molecular complexity index is 369. The van der Waals surface area contributed by atoms with Gasteiger partial charge in [0.05, 0.1) is 5.54 Å². The van der Waals surface area contributed by atoms with Crippen LogP contribution in [0.2, 0.25) is 0 Å². The number of nitrogen functional groups attached to an aromatic ring is 1. The van der Waals surface area contributed by atoms with Gasteiger partial charge in [0.15, 0.2) is 0 Å². The van der Waals surface area contributed by atoms with Gasteiger partial charge in [0, 0.05) is 13.1 Å². The third-order valence-electron chi connectivity index (χ3n) is 3.15. The van der Waals surface area contributed by atoms with Gasteiger partial charge in [-0.05, 0) is 33.6 Å². The fourth-order valence-electron chi connectivity index (χ4n) is 2.21. The van der Waals surface area contributed by atoms with E-state index in [4.69, 9.17) is 5.73 Å². The van der Waals surface area contributed by atoms with Crippen LogP contribution >= 0.6 is 0 Å². The van der Waals surface area contributed by atoms with E-state index in [-0.39, 0.29) is 5.54 Å². The van der Waals surface area contributed by atoms with E-state index in [1.54, 1.807) is 0 Å². The molecule has 2 rings (SSSR count). The minimum absolute atomic E-state index is 0.110. The van der Waals surface area contributed by atoms with Gasteiger partial charge in [-0.15, -0.1) is 5.10 Å². The molecule has 96 valence electrons. The summed E-state index contributed by atoms with van der Waals surface area (Å²) in [6, 6.07) is 0. The molecule has 5 nitrogen and oxygen atoms in total. The summed E-state index contributed by atoms with van der Waals surface area (Å²) in [5, 5.41) is 4.55. The molecule has 1 saturated heterocycles. The monoisotopic (exact) mass is 237 g/mol. The standard InChI is InChI=1S/C12H23N5/c1-12(2,3)17-10(13)14-11(15-17)16-8-6-4-5-7-9-16/h4-9H2,1-3H3,(H2,13,14,15). The van der Waals surface area contributed by atoms with E-state index in [0.717, 1.165) is 19.0 Å². The van der Waals surface area contributed by atoms with Crippen molar-refractivity contribution in [1.29, 1.82) is 0 Å². The highest BCUT2D eigenvalue weighted by molar-refractivity contribution is 5.35. The molecule has 0 bridgehead atoms. The van der Waals surface area contributed by atoms with Crippen molar-refractivity contribution in [2.75, 3.05) is 23.7 Å². The van der Waals surface area contributed by atoms with E-state index in [0.29, 0.717) is 5.95 Å². The smallest absolute Gasteiger partial charge is 0.246 e. The first-order valence-electron chi connectivity index (χ1n) is 6.46. The van der Waals surface area contributed by atoms with Crippen LogP contribution in [0.15, 0.2) is 0 Å². The molecule has 1 aliphatic heterocycles. The van der Waals surface area contributed by atoms with Crippen molar-refractivity contribution < 1.29 is 0 Å². The van der Waals surface area contributed by atoms with Gasteiger partial charge in [-0.25, -0.2) is 4.68 Å². The molecule has 0 unspecified atom stereocenters. The van der Waals surface area contributed by atoms with E-state index in [2.05, 4.69) is 35.8 Å². The molecule has 0 amide bonds. The molecule has 17 heavy (non-hydrogen) atoms. The van der Waals surface area contributed by atoms with Gasteiger partial charge in [-0.3, -0.25) is 0 Å². The molecule has 0 atom stereocenters. The molecular formula is C12H23N5. The second-order valence-electron chi connectivity index (χ2n) is 5.75. The van der Waals surface area contributed by atoms with E-state index < -0.39 is 0 Å². The molecular weight excluding hydrogens is 214 g/mol. The van der Waals surface area contributed by atoms with Gasteiger partial charge in [0.25, 0.3) is 0 Å². The largest absolute Gasteiger partial charge is 0.368 e. The molecule has 1 aliphatic rings. The summed E-state index contributed by atoms with van der Waals surface area (Å²) < 4.78 is 1.81. The zero-order chi connectivity index (χ0) is 12.5. The predicted octanol–water partition coefficient (Wildman–Crippen LogP) is 2.00. The number of hydrogen-bond acceptors (Lipinski definition) is 4. The van der Waals surface area contributed by atoms with Crippen LogP contribution in [0.1, 0.15) is 46.5 Å². The predicted molar refractivity (Wildman–Crippen MR) is 70.1 cm³/mol. The van der Waals surface area contributed by atoms with Crippen molar-refractivity contribution in [2.45, 2.75) is 52.0 Å². The molecule has 5 heteroatoms. The summed E-state index contributed by atoms with van der Waals surface area (Å²) in [5.74, 6) is 1.30. The van der Waals surface area contributed by atoms with Crippen LogP contribution in [0.4, 0.5) is 11.9 Å². The Morgan fingerprint density at radius 3 is 2.12 bits per heavy atom. The molecule has 1 aromatic rings. The van der Waals surface area contributed by atoms with Crippen molar-refractivity contribution in [2.24, 2.45) is 0 Å². The maximum absolute atomic E-state index is 5.94. The number of nitrogens with two attached hydrogens (primary N) is 1. The van der Waals surface area contributed by atoms with Crippen molar-refractivity contribution in [1.82, 2.24) is 14.8 Å². The normalized spacial score (nSPS) is 18.2. The zero-order valence-electron chi connectivity index (χ0n) is 11.1. The highest BCUT2D eigenvalue weighted by atomic mass is 15.5. The van der Waals surface area contributed by atoms with E-state index >= 15 is 0 Å². The van der Waals surface area contributed by atoms with Crippen molar-refractivity contribution in [3.63, 3.8) is 0 Å². The number of anilines is 2. The Balaban J connectivity index is 2.21. The van der Waals surface area contributed by atoms with Crippen LogP contribution in [0, 0.1) is 0 Å². The lowest BCUT2D eigenvalue weighted by Gasteiger charge is -2.20. The lowest BCUT2D eigenvalue weighted by molar-refractivity contribution is 0.361. The van der Waals surface area contributed by atoms with Crippen molar-refractivity contribution in [3.05, 3.63) is 0 Å². The van der Waals surface area contributed by atoms with E-state index in [1.165, 1.54) is 25.7 Å². The van der Waals surface area contributed by atoms with E-state index in [9.17, 15) is 0 Å². The number of rotatable bonds is 1. The third kappa shape index (κ3) is 2.70. The molecule has 1 aromatic heterocycles. The van der Waals surface area contributed by atoms with Gasteiger partial charge in [0.2, 0.25) is 11.9 Å². The van der Waals surface area contributed by atoms with Gasteiger partial charge < -0.3 is 10.6 Å². The minimum Gasteiger partial charge on any atom is -0.368 e. The molecule has 1 fully saturated rings. The molecule has 0 saturated carbocycles. The number of aromatic nitrogens is 3. The van der Waals surface area contributed by atoms with Crippen molar-refractivity contribution >= 4 is 11.9 Å². The zero-order valence-corrected chi connectivity index (χ0v) is 11.1. The summed E-state index contributed by atoms with van der Waals surface area (Å²) in [5.41, 5.74) is 5.83. The summed E-state index contributed by atoms with van der Waals surface area (Å²) >= 11 is 0. The Morgan fingerprint density at radius 2 is 1.65 bits per heavy atom. The Kier molecular flexibility index (Phi) is 3.26. The second kappa shape index (κ2) is 4.55. The van der Waals surface area contributed by atoms with Gasteiger partial charge in [0.1, 0.15) is 0 Å². The maximum Gasteiger partial charge on any atom is 0.246 e. The highest BCUT2D eigenvalue weighted by Crippen LogP contribution is 2.21. The number of hydrogen-bond donors (Lipinski definition) is 1. The average Bonchev–Trinajstić information content (AvgIpc) is 2.50. The Hall–Kier alpha value is -1.26. The SMILES string of the molecule is CC(C)(C)n1nc(N2CCCCCC2)nc1N.